The third-order valence-corrected chi connectivity index (χ3v) is 18.2. The zero-order chi connectivity index (χ0) is 49.7. The summed E-state index contributed by atoms with van der Waals surface area (Å²) in [5.41, 5.74) is 1.56. The molecule has 4 aliphatic rings. The molecule has 0 aromatic heterocycles. The molecule has 0 saturated carbocycles. The lowest BCUT2D eigenvalue weighted by Gasteiger charge is -2.50. The molecule has 2 aromatic rings. The molecule has 2 aromatic carbocycles. The van der Waals surface area contributed by atoms with Gasteiger partial charge in [0.15, 0.2) is 45.2 Å². The molecule has 2 N–H and O–H groups in total. The molecule has 0 bridgehead atoms. The van der Waals surface area contributed by atoms with Crippen LogP contribution >= 0.6 is 0 Å². The lowest BCUT2D eigenvalue weighted by molar-refractivity contribution is -0.386. The molecule has 68 heavy (non-hydrogen) atoms. The molecule has 4 fully saturated rings. The van der Waals surface area contributed by atoms with Crippen molar-refractivity contribution in [1.29, 1.82) is 0 Å². The monoisotopic (exact) mass is 976 g/mol. The fraction of sp³-hybridized carbons (Fsp3) is 0.694. The van der Waals surface area contributed by atoms with Gasteiger partial charge in [0.2, 0.25) is 0 Å². The minimum Gasteiger partial charge on any atom is -0.463 e. The highest BCUT2D eigenvalue weighted by atomic mass is 28.4. The third-order valence-electron chi connectivity index (χ3n) is 13.6. The first-order valence-corrected chi connectivity index (χ1v) is 26.3. The Kier molecular flexibility index (Phi) is 18.1. The van der Waals surface area contributed by atoms with Crippen LogP contribution in [0.4, 0.5) is 0 Å². The fourth-order valence-corrected chi connectivity index (χ4v) is 11.1. The lowest BCUT2D eigenvalue weighted by atomic mass is 9.96. The van der Waals surface area contributed by atoms with E-state index in [1.54, 1.807) is 20.8 Å². The summed E-state index contributed by atoms with van der Waals surface area (Å²) in [6, 6.07) is 18.6. The Bertz CT molecular complexity index is 1950. The van der Waals surface area contributed by atoms with Gasteiger partial charge in [0.1, 0.15) is 61.5 Å². The molecule has 6 rings (SSSR count). The average molecular weight is 977 g/mol. The largest absolute Gasteiger partial charge is 0.463 e. The maximum absolute atomic E-state index is 12.9. The minimum absolute atomic E-state index is 0.000955. The van der Waals surface area contributed by atoms with Gasteiger partial charge in [-0.2, -0.15) is 0 Å². The zero-order valence-electron chi connectivity index (χ0n) is 41.3. The second-order valence-corrected chi connectivity index (χ2v) is 24.3. The predicted molar refractivity (Wildman–Crippen MR) is 244 cm³/mol. The Morgan fingerprint density at radius 1 is 0.662 bits per heavy atom. The maximum Gasteiger partial charge on any atom is 0.303 e. The molecule has 4 aliphatic heterocycles. The van der Waals surface area contributed by atoms with E-state index in [0.717, 1.165) is 11.1 Å². The van der Waals surface area contributed by atoms with Crippen LogP contribution in [0.3, 0.4) is 0 Å². The van der Waals surface area contributed by atoms with Crippen molar-refractivity contribution in [2.24, 2.45) is 5.92 Å². The Morgan fingerprint density at radius 2 is 1.21 bits per heavy atom. The second kappa shape index (κ2) is 22.8. The highest BCUT2D eigenvalue weighted by molar-refractivity contribution is 6.74. The van der Waals surface area contributed by atoms with E-state index >= 15 is 0 Å². The van der Waals surface area contributed by atoms with E-state index in [-0.39, 0.29) is 37.4 Å². The van der Waals surface area contributed by atoms with Gasteiger partial charge in [-0.1, -0.05) is 88.4 Å². The van der Waals surface area contributed by atoms with Crippen LogP contribution in [-0.4, -0.2) is 148 Å². The van der Waals surface area contributed by atoms with Gasteiger partial charge in [-0.15, -0.1) is 0 Å². The first kappa shape index (κ1) is 53.9. The van der Waals surface area contributed by atoms with Crippen molar-refractivity contribution < 1.29 is 85.9 Å². The second-order valence-electron chi connectivity index (χ2n) is 19.7. The summed E-state index contributed by atoms with van der Waals surface area (Å²) < 4.78 is 82.1. The summed E-state index contributed by atoms with van der Waals surface area (Å²) in [4.78, 5) is 37.2. The van der Waals surface area contributed by atoms with Gasteiger partial charge in [0.05, 0.1) is 25.9 Å². The number of fused-ring (bicyclic) bond motifs is 1. The Hall–Kier alpha value is -3.41. The summed E-state index contributed by atoms with van der Waals surface area (Å²) >= 11 is 0. The molecule has 0 spiro atoms. The van der Waals surface area contributed by atoms with Crippen molar-refractivity contribution in [1.82, 2.24) is 0 Å². The normalized spacial score (nSPS) is 34.0. The summed E-state index contributed by atoms with van der Waals surface area (Å²) in [7, 11) is -2.57. The molecular formula is C49H72O18Si. The number of ether oxygens (including phenoxy) is 12. The molecule has 4 heterocycles. The molecular weight excluding hydrogens is 905 g/mol. The van der Waals surface area contributed by atoms with E-state index < -0.39 is 124 Å². The maximum atomic E-state index is 12.9. The summed E-state index contributed by atoms with van der Waals surface area (Å²) in [5, 5.41) is 24.6. The van der Waals surface area contributed by atoms with Crippen LogP contribution in [0.5, 0.6) is 0 Å². The third kappa shape index (κ3) is 13.1. The average Bonchev–Trinajstić information content (AvgIpc) is 3.61. The van der Waals surface area contributed by atoms with Crippen molar-refractivity contribution in [3.8, 4) is 0 Å². The number of hydrogen-bond donors (Lipinski definition) is 2. The molecule has 0 radical (unpaired) electrons. The number of carbonyl (C=O) groups excluding carboxylic acids is 3. The van der Waals surface area contributed by atoms with Crippen molar-refractivity contribution >= 4 is 26.2 Å². The van der Waals surface area contributed by atoms with Crippen LogP contribution in [0.15, 0.2) is 60.7 Å². The summed E-state index contributed by atoms with van der Waals surface area (Å²) in [6.07, 6.45) is -18.6. The molecule has 0 amide bonds. The lowest BCUT2D eigenvalue weighted by Crippen LogP contribution is -2.67. The molecule has 19 heteroatoms. The van der Waals surface area contributed by atoms with Crippen LogP contribution in [0.2, 0.25) is 18.1 Å². The van der Waals surface area contributed by atoms with Crippen LogP contribution in [-0.2, 0) is 88.9 Å². The standard InChI is InChI=1S/C49H72O18Si/c1-27(2)48(7,8)68(11,12)58-26-35-39(64-45-37(54)41-40(66-49(9,10)67-41)34(62-45)25-55-29(4)50)36(53)42(46(63-35)57-24-33-21-17-14-18-22-33)65-47-44(56-23-32-19-15-13-16-20-32)43(61-31(6)52)38(28(3)59-47)60-30(5)51/h13-22,27-28,34-47,53-54H,23-26H2,1-12H3/t28-,34+,35+,36-,37+,38+,39+,40-,41+,42+,43+,44-,45-,46+,47-/m0/s1. The summed E-state index contributed by atoms with van der Waals surface area (Å²) in [6.45, 7) is 21.3. The molecule has 15 atom stereocenters. The van der Waals surface area contributed by atoms with E-state index in [0.29, 0.717) is 0 Å². The van der Waals surface area contributed by atoms with Gasteiger partial charge >= 0.3 is 17.9 Å². The van der Waals surface area contributed by atoms with Crippen molar-refractivity contribution in [3.63, 3.8) is 0 Å². The first-order valence-electron chi connectivity index (χ1n) is 23.4. The van der Waals surface area contributed by atoms with E-state index in [1.807, 2.05) is 60.7 Å². The van der Waals surface area contributed by atoms with Crippen LogP contribution in [0.25, 0.3) is 0 Å². The van der Waals surface area contributed by atoms with Gasteiger partial charge in [-0.25, -0.2) is 0 Å². The van der Waals surface area contributed by atoms with Crippen molar-refractivity contribution in [2.45, 2.75) is 198 Å². The van der Waals surface area contributed by atoms with Gasteiger partial charge in [0.25, 0.3) is 0 Å². The number of rotatable bonds is 19. The number of aliphatic hydroxyl groups excluding tert-OH is 2. The van der Waals surface area contributed by atoms with E-state index in [4.69, 9.17) is 61.3 Å². The van der Waals surface area contributed by atoms with Crippen molar-refractivity contribution in [2.75, 3.05) is 13.2 Å². The SMILES string of the molecule is CC(=O)OC[C@H]1O[C@@H](O[C@H]2[C@H](O)[C@@H](O[C@@H]3O[C@@H](C)[C@@H](OC(C)=O)[C@@H](OC(C)=O)[C@@H]3OCc3ccccc3)[C@H](OCc3ccccc3)O[C@@H]2CO[Si](C)(C)C(C)(C)C(C)C)[C@H](O)[C@H]2OC(C)(C)O[C@H]21. The molecule has 18 nitrogen and oxygen atoms in total. The molecule has 0 unspecified atom stereocenters. The number of carbonyl (C=O) groups is 3. The van der Waals surface area contributed by atoms with Gasteiger partial charge in [0, 0.05) is 20.8 Å². The van der Waals surface area contributed by atoms with Gasteiger partial charge in [-0.05, 0) is 55.9 Å². The van der Waals surface area contributed by atoms with E-state index in [2.05, 4.69) is 40.8 Å². The van der Waals surface area contributed by atoms with Crippen LogP contribution < -0.4 is 0 Å². The van der Waals surface area contributed by atoms with Gasteiger partial charge < -0.3 is 71.5 Å². The number of esters is 3. The zero-order valence-corrected chi connectivity index (χ0v) is 42.3. The quantitative estimate of drug-likeness (QED) is 0.107. The highest BCUT2D eigenvalue weighted by Gasteiger charge is 2.59. The molecule has 0 aliphatic carbocycles. The number of aliphatic hydroxyl groups is 2. The van der Waals surface area contributed by atoms with Gasteiger partial charge in [-0.3, -0.25) is 14.4 Å². The van der Waals surface area contributed by atoms with Crippen LogP contribution in [0, 0.1) is 5.92 Å². The molecule has 380 valence electrons. The Balaban J connectivity index is 1.40. The number of benzene rings is 2. The minimum atomic E-state index is -2.57. The Labute approximate surface area is 400 Å². The van der Waals surface area contributed by atoms with E-state index in [1.165, 1.54) is 20.8 Å². The smallest absolute Gasteiger partial charge is 0.303 e. The topological polar surface area (TPSA) is 212 Å². The fourth-order valence-electron chi connectivity index (χ4n) is 8.72. The van der Waals surface area contributed by atoms with E-state index in [9.17, 15) is 24.6 Å². The number of hydrogen-bond acceptors (Lipinski definition) is 18. The van der Waals surface area contributed by atoms with Crippen LogP contribution in [0.1, 0.15) is 80.4 Å². The van der Waals surface area contributed by atoms with Crippen molar-refractivity contribution in [3.05, 3.63) is 71.8 Å². The highest BCUT2D eigenvalue weighted by Crippen LogP contribution is 2.46. The first-order chi connectivity index (χ1) is 32.0. The predicted octanol–water partition coefficient (Wildman–Crippen LogP) is 5.08. The Morgan fingerprint density at radius 3 is 1.78 bits per heavy atom. The summed E-state index contributed by atoms with van der Waals surface area (Å²) in [5.74, 6) is -2.76. The molecule has 4 saturated heterocycles.